The molecule has 0 unspecified atom stereocenters. The van der Waals surface area contributed by atoms with Crippen molar-refractivity contribution in [2.75, 3.05) is 31.5 Å². The van der Waals surface area contributed by atoms with Gasteiger partial charge in [0.05, 0.1) is 0 Å². The first-order valence-electron chi connectivity index (χ1n) is 7.26. The van der Waals surface area contributed by atoms with E-state index in [2.05, 4.69) is 15.5 Å². The Morgan fingerprint density at radius 2 is 2.14 bits per heavy atom. The lowest BCUT2D eigenvalue weighted by atomic mass is 10.1. The molecule has 2 rings (SSSR count). The average molecular weight is 290 g/mol. The standard InChI is InChI=1S/C15H22N4O2/c16-11-12-3-1-2-4-13(12)18-15(21)6-9-19-8-5-14(20)17-7-10-19/h1-4H,5-11,16H2,(H,17,20)(H,18,21). The fraction of sp³-hybridized carbons (Fsp3) is 0.467. The molecular formula is C15H22N4O2. The Bertz CT molecular complexity index is 504. The van der Waals surface area contributed by atoms with Crippen LogP contribution in [-0.2, 0) is 16.1 Å². The average Bonchev–Trinajstić information content (AvgIpc) is 2.70. The van der Waals surface area contributed by atoms with Crippen LogP contribution in [0.1, 0.15) is 18.4 Å². The van der Waals surface area contributed by atoms with Crippen LogP contribution < -0.4 is 16.4 Å². The number of benzene rings is 1. The van der Waals surface area contributed by atoms with Gasteiger partial charge in [0.2, 0.25) is 11.8 Å². The predicted molar refractivity (Wildman–Crippen MR) is 81.6 cm³/mol. The number of carbonyl (C=O) groups excluding carboxylic acids is 2. The van der Waals surface area contributed by atoms with Crippen molar-refractivity contribution in [1.29, 1.82) is 0 Å². The van der Waals surface area contributed by atoms with E-state index in [1.54, 1.807) is 0 Å². The third-order valence-corrected chi connectivity index (χ3v) is 3.57. The number of nitrogens with zero attached hydrogens (tertiary/aromatic N) is 1. The van der Waals surface area contributed by atoms with Crippen molar-refractivity contribution < 1.29 is 9.59 Å². The Labute approximate surface area is 124 Å². The normalized spacial score (nSPS) is 16.1. The largest absolute Gasteiger partial charge is 0.355 e. The van der Waals surface area contributed by atoms with Gasteiger partial charge in [0.25, 0.3) is 0 Å². The van der Waals surface area contributed by atoms with Crippen LogP contribution in [0.5, 0.6) is 0 Å². The molecule has 21 heavy (non-hydrogen) atoms. The van der Waals surface area contributed by atoms with Crippen LogP contribution in [0.15, 0.2) is 24.3 Å². The number of nitrogens with two attached hydrogens (primary N) is 1. The maximum Gasteiger partial charge on any atom is 0.225 e. The SMILES string of the molecule is NCc1ccccc1NC(=O)CCN1CCNC(=O)CC1. The van der Waals surface area contributed by atoms with E-state index >= 15 is 0 Å². The van der Waals surface area contributed by atoms with Crippen LogP contribution in [0.25, 0.3) is 0 Å². The third-order valence-electron chi connectivity index (χ3n) is 3.57. The number of hydrogen-bond acceptors (Lipinski definition) is 4. The van der Waals surface area contributed by atoms with Gasteiger partial charge in [0.15, 0.2) is 0 Å². The molecule has 1 heterocycles. The van der Waals surface area contributed by atoms with E-state index < -0.39 is 0 Å². The molecule has 0 spiro atoms. The lowest BCUT2D eigenvalue weighted by Gasteiger charge is -2.18. The Hall–Kier alpha value is -1.92. The van der Waals surface area contributed by atoms with Crippen molar-refractivity contribution in [1.82, 2.24) is 10.2 Å². The molecule has 114 valence electrons. The van der Waals surface area contributed by atoms with Gasteiger partial charge in [-0.25, -0.2) is 0 Å². The minimum atomic E-state index is -0.0283. The van der Waals surface area contributed by atoms with Crippen LogP contribution in [-0.4, -0.2) is 42.9 Å². The lowest BCUT2D eigenvalue weighted by Crippen LogP contribution is -2.31. The van der Waals surface area contributed by atoms with Gasteiger partial charge in [-0.15, -0.1) is 0 Å². The zero-order chi connectivity index (χ0) is 15.1. The molecule has 0 aliphatic carbocycles. The molecule has 1 fully saturated rings. The number of carbonyl (C=O) groups is 2. The second-order valence-electron chi connectivity index (χ2n) is 5.10. The van der Waals surface area contributed by atoms with E-state index in [0.717, 1.165) is 17.8 Å². The first-order valence-corrected chi connectivity index (χ1v) is 7.26. The quantitative estimate of drug-likeness (QED) is 0.727. The number of nitrogens with one attached hydrogen (secondary N) is 2. The fourth-order valence-electron chi connectivity index (χ4n) is 2.33. The van der Waals surface area contributed by atoms with Gasteiger partial charge >= 0.3 is 0 Å². The molecule has 0 radical (unpaired) electrons. The summed E-state index contributed by atoms with van der Waals surface area (Å²) in [6, 6.07) is 7.54. The summed E-state index contributed by atoms with van der Waals surface area (Å²) in [4.78, 5) is 25.4. The monoisotopic (exact) mass is 290 g/mol. The van der Waals surface area contributed by atoms with E-state index in [1.807, 2.05) is 24.3 Å². The molecule has 0 saturated carbocycles. The summed E-state index contributed by atoms with van der Waals surface area (Å²) in [5.41, 5.74) is 7.35. The lowest BCUT2D eigenvalue weighted by molar-refractivity contribution is -0.120. The van der Waals surface area contributed by atoms with E-state index in [0.29, 0.717) is 39.0 Å². The molecule has 0 bridgehead atoms. The summed E-state index contributed by atoms with van der Waals surface area (Å²) in [5.74, 6) is 0.0539. The van der Waals surface area contributed by atoms with E-state index in [9.17, 15) is 9.59 Å². The first kappa shape index (κ1) is 15.5. The van der Waals surface area contributed by atoms with Gasteiger partial charge in [0.1, 0.15) is 0 Å². The third kappa shape index (κ3) is 4.84. The number of para-hydroxylation sites is 1. The fourth-order valence-corrected chi connectivity index (χ4v) is 2.33. The van der Waals surface area contributed by atoms with Gasteiger partial charge < -0.3 is 21.3 Å². The molecule has 1 aromatic rings. The number of rotatable bonds is 5. The number of amides is 2. The van der Waals surface area contributed by atoms with Gasteiger partial charge in [-0.05, 0) is 11.6 Å². The summed E-state index contributed by atoms with van der Waals surface area (Å²) < 4.78 is 0. The molecule has 1 aliphatic heterocycles. The highest BCUT2D eigenvalue weighted by molar-refractivity contribution is 5.91. The zero-order valence-electron chi connectivity index (χ0n) is 12.1. The maximum atomic E-state index is 12.0. The second kappa shape index (κ2) is 7.75. The van der Waals surface area contributed by atoms with Crippen molar-refractivity contribution in [2.45, 2.75) is 19.4 Å². The minimum absolute atomic E-state index is 0.0283. The molecule has 2 amide bonds. The van der Waals surface area contributed by atoms with E-state index in [1.165, 1.54) is 0 Å². The van der Waals surface area contributed by atoms with Crippen molar-refractivity contribution in [3.8, 4) is 0 Å². The first-order chi connectivity index (χ1) is 10.2. The van der Waals surface area contributed by atoms with Crippen molar-refractivity contribution in [2.24, 2.45) is 5.73 Å². The van der Waals surface area contributed by atoms with Crippen LogP contribution in [0.3, 0.4) is 0 Å². The maximum absolute atomic E-state index is 12.0. The molecule has 6 nitrogen and oxygen atoms in total. The Kier molecular flexibility index (Phi) is 5.71. The predicted octanol–water partition coefficient (Wildman–Crippen LogP) is 0.296. The highest BCUT2D eigenvalue weighted by Crippen LogP contribution is 2.14. The zero-order valence-corrected chi connectivity index (χ0v) is 12.1. The molecule has 6 heteroatoms. The van der Waals surface area contributed by atoms with Crippen LogP contribution in [0.4, 0.5) is 5.69 Å². The van der Waals surface area contributed by atoms with Crippen molar-refractivity contribution in [3.63, 3.8) is 0 Å². The van der Waals surface area contributed by atoms with Crippen molar-refractivity contribution >= 4 is 17.5 Å². The van der Waals surface area contributed by atoms with E-state index in [4.69, 9.17) is 5.73 Å². The molecule has 1 aromatic carbocycles. The Morgan fingerprint density at radius 1 is 1.33 bits per heavy atom. The van der Waals surface area contributed by atoms with Crippen LogP contribution in [0.2, 0.25) is 0 Å². The second-order valence-corrected chi connectivity index (χ2v) is 5.10. The Morgan fingerprint density at radius 3 is 2.95 bits per heavy atom. The van der Waals surface area contributed by atoms with Crippen LogP contribution >= 0.6 is 0 Å². The molecule has 0 atom stereocenters. The molecule has 1 aliphatic rings. The number of hydrogen-bond donors (Lipinski definition) is 3. The summed E-state index contributed by atoms with van der Waals surface area (Å²) >= 11 is 0. The topological polar surface area (TPSA) is 87.5 Å². The van der Waals surface area contributed by atoms with Gasteiger partial charge in [0, 0.05) is 51.3 Å². The van der Waals surface area contributed by atoms with Gasteiger partial charge in [-0.1, -0.05) is 18.2 Å². The number of anilines is 1. The summed E-state index contributed by atoms with van der Waals surface area (Å²) in [5, 5.41) is 5.72. The molecule has 0 aromatic heterocycles. The summed E-state index contributed by atoms with van der Waals surface area (Å²) in [7, 11) is 0. The summed E-state index contributed by atoms with van der Waals surface area (Å²) in [6.07, 6.45) is 0.907. The van der Waals surface area contributed by atoms with Gasteiger partial charge in [-0.2, -0.15) is 0 Å². The minimum Gasteiger partial charge on any atom is -0.355 e. The van der Waals surface area contributed by atoms with Crippen LogP contribution in [0, 0.1) is 0 Å². The molecule has 4 N–H and O–H groups in total. The van der Waals surface area contributed by atoms with Crippen molar-refractivity contribution in [3.05, 3.63) is 29.8 Å². The molecule has 1 saturated heterocycles. The summed E-state index contributed by atoms with van der Waals surface area (Å²) in [6.45, 7) is 3.20. The Balaban J connectivity index is 1.80. The highest BCUT2D eigenvalue weighted by atomic mass is 16.2. The van der Waals surface area contributed by atoms with Gasteiger partial charge in [-0.3, -0.25) is 9.59 Å². The van der Waals surface area contributed by atoms with E-state index in [-0.39, 0.29) is 11.8 Å². The highest BCUT2D eigenvalue weighted by Gasteiger charge is 2.14. The molecular weight excluding hydrogens is 268 g/mol. The smallest absolute Gasteiger partial charge is 0.225 e.